The molecule has 1 heterocycles. The number of pyridine rings is 1. The molecule has 94 valence electrons. The minimum absolute atomic E-state index is 0.0407. The number of rotatable bonds is 3. The number of hydrogen-bond donors (Lipinski definition) is 2. The normalized spacial score (nSPS) is 29.0. The number of aryl methyl sites for hydroxylation is 1. The molecule has 2 rings (SSSR count). The van der Waals surface area contributed by atoms with Gasteiger partial charge >= 0.3 is 0 Å². The Hall–Kier alpha value is -1.09. The highest BCUT2D eigenvalue weighted by molar-refractivity contribution is 5.40. The van der Waals surface area contributed by atoms with Crippen LogP contribution in [-0.4, -0.2) is 17.1 Å². The Morgan fingerprint density at radius 3 is 3.00 bits per heavy atom. The van der Waals surface area contributed by atoms with Crippen molar-refractivity contribution in [1.82, 2.24) is 4.98 Å². The fourth-order valence-electron chi connectivity index (χ4n) is 2.81. The van der Waals surface area contributed by atoms with Gasteiger partial charge in [-0.2, -0.15) is 0 Å². The fourth-order valence-corrected chi connectivity index (χ4v) is 2.81. The van der Waals surface area contributed by atoms with Crippen LogP contribution in [0.25, 0.3) is 0 Å². The predicted octanol–water partition coefficient (Wildman–Crippen LogP) is 2.71. The van der Waals surface area contributed by atoms with E-state index in [1.165, 1.54) is 24.8 Å². The lowest BCUT2D eigenvalue weighted by molar-refractivity contribution is 0.235. The molecule has 0 aromatic carbocycles. The predicted molar refractivity (Wildman–Crippen MR) is 72.0 cm³/mol. The summed E-state index contributed by atoms with van der Waals surface area (Å²) in [7, 11) is 0. The number of nitrogens with zero attached hydrogens (tertiary/aromatic N) is 1. The lowest BCUT2D eigenvalue weighted by Gasteiger charge is -2.43. The second-order valence-electron chi connectivity index (χ2n) is 5.35. The average molecular weight is 233 g/mol. The van der Waals surface area contributed by atoms with Crippen molar-refractivity contribution in [2.45, 2.75) is 45.1 Å². The summed E-state index contributed by atoms with van der Waals surface area (Å²) in [5.41, 5.74) is 7.30. The van der Waals surface area contributed by atoms with E-state index < -0.39 is 0 Å². The van der Waals surface area contributed by atoms with E-state index in [0.29, 0.717) is 12.5 Å². The van der Waals surface area contributed by atoms with E-state index in [2.05, 4.69) is 30.2 Å². The van der Waals surface area contributed by atoms with Crippen LogP contribution in [0.5, 0.6) is 0 Å². The highest BCUT2D eigenvalue weighted by Gasteiger charge is 2.37. The van der Waals surface area contributed by atoms with Crippen LogP contribution in [0.2, 0.25) is 0 Å². The molecule has 1 aromatic rings. The van der Waals surface area contributed by atoms with Gasteiger partial charge in [0.2, 0.25) is 0 Å². The molecule has 2 unspecified atom stereocenters. The number of aromatic nitrogens is 1. The Morgan fingerprint density at radius 1 is 1.53 bits per heavy atom. The zero-order valence-corrected chi connectivity index (χ0v) is 10.9. The van der Waals surface area contributed by atoms with Crippen LogP contribution in [0.1, 0.15) is 38.2 Å². The van der Waals surface area contributed by atoms with Crippen molar-refractivity contribution in [2.24, 2.45) is 11.7 Å². The van der Waals surface area contributed by atoms with Gasteiger partial charge in [-0.1, -0.05) is 19.8 Å². The van der Waals surface area contributed by atoms with E-state index in [1.807, 2.05) is 12.3 Å². The van der Waals surface area contributed by atoms with E-state index in [-0.39, 0.29) is 5.54 Å². The molecule has 2 atom stereocenters. The van der Waals surface area contributed by atoms with Gasteiger partial charge in [0.05, 0.1) is 5.54 Å². The molecule has 0 radical (unpaired) electrons. The summed E-state index contributed by atoms with van der Waals surface area (Å²) in [6.45, 7) is 5.07. The summed E-state index contributed by atoms with van der Waals surface area (Å²) in [6, 6.07) is 4.11. The minimum Gasteiger partial charge on any atom is -0.363 e. The lowest BCUT2D eigenvalue weighted by Crippen LogP contribution is -2.52. The first kappa shape index (κ1) is 12.4. The Balaban J connectivity index is 2.18. The van der Waals surface area contributed by atoms with Gasteiger partial charge in [0.15, 0.2) is 0 Å². The van der Waals surface area contributed by atoms with E-state index in [4.69, 9.17) is 5.73 Å². The largest absolute Gasteiger partial charge is 0.363 e. The first-order valence-electron chi connectivity index (χ1n) is 6.57. The summed E-state index contributed by atoms with van der Waals surface area (Å²) in [4.78, 5) is 4.39. The maximum Gasteiger partial charge on any atom is 0.126 e. The second-order valence-corrected chi connectivity index (χ2v) is 5.35. The van der Waals surface area contributed by atoms with Crippen molar-refractivity contribution in [3.63, 3.8) is 0 Å². The highest BCUT2D eigenvalue weighted by atomic mass is 15.1. The molecular formula is C14H23N3. The van der Waals surface area contributed by atoms with Crippen LogP contribution in [-0.2, 0) is 0 Å². The van der Waals surface area contributed by atoms with Crippen molar-refractivity contribution in [3.05, 3.63) is 23.9 Å². The molecule has 1 aromatic heterocycles. The number of nitrogens with one attached hydrogen (secondary N) is 1. The number of hydrogen-bond acceptors (Lipinski definition) is 3. The summed E-state index contributed by atoms with van der Waals surface area (Å²) in [5.74, 6) is 1.58. The SMILES string of the molecule is Cc1ccnc(NC2(CN)CCCCC2C)c1. The highest BCUT2D eigenvalue weighted by Crippen LogP contribution is 2.35. The molecule has 3 heteroatoms. The molecule has 1 fully saturated rings. The smallest absolute Gasteiger partial charge is 0.126 e. The third-order valence-corrected chi connectivity index (χ3v) is 4.11. The number of nitrogens with two attached hydrogens (primary N) is 1. The maximum absolute atomic E-state index is 6.02. The first-order chi connectivity index (χ1) is 8.16. The van der Waals surface area contributed by atoms with Gasteiger partial charge in [0.25, 0.3) is 0 Å². The molecule has 0 saturated heterocycles. The molecule has 17 heavy (non-hydrogen) atoms. The Bertz CT molecular complexity index is 377. The first-order valence-corrected chi connectivity index (χ1v) is 6.57. The van der Waals surface area contributed by atoms with Gasteiger partial charge in [-0.15, -0.1) is 0 Å². The van der Waals surface area contributed by atoms with E-state index in [9.17, 15) is 0 Å². The van der Waals surface area contributed by atoms with Gasteiger partial charge < -0.3 is 11.1 Å². The van der Waals surface area contributed by atoms with Gasteiger partial charge in [-0.3, -0.25) is 0 Å². The monoisotopic (exact) mass is 233 g/mol. The summed E-state index contributed by atoms with van der Waals surface area (Å²) >= 11 is 0. The molecule has 1 saturated carbocycles. The van der Waals surface area contributed by atoms with Gasteiger partial charge in [0.1, 0.15) is 5.82 Å². The topological polar surface area (TPSA) is 50.9 Å². The Morgan fingerprint density at radius 2 is 2.35 bits per heavy atom. The molecule has 0 bridgehead atoms. The van der Waals surface area contributed by atoms with E-state index in [1.54, 1.807) is 0 Å². The van der Waals surface area contributed by atoms with Crippen molar-refractivity contribution >= 4 is 5.82 Å². The minimum atomic E-state index is 0.0407. The van der Waals surface area contributed by atoms with Crippen molar-refractivity contribution in [2.75, 3.05) is 11.9 Å². The second kappa shape index (κ2) is 5.05. The summed E-state index contributed by atoms with van der Waals surface area (Å²) < 4.78 is 0. The lowest BCUT2D eigenvalue weighted by atomic mass is 9.73. The maximum atomic E-state index is 6.02. The molecule has 3 N–H and O–H groups in total. The summed E-state index contributed by atoms with van der Waals surface area (Å²) in [5, 5.41) is 3.60. The van der Waals surface area contributed by atoms with Crippen molar-refractivity contribution in [1.29, 1.82) is 0 Å². The zero-order chi connectivity index (χ0) is 12.3. The summed E-state index contributed by atoms with van der Waals surface area (Å²) in [6.07, 6.45) is 6.86. The standard InChI is InChI=1S/C14H23N3/c1-11-6-8-16-13(9-11)17-14(10-15)7-4-3-5-12(14)2/h6,8-9,12H,3-5,7,10,15H2,1-2H3,(H,16,17). The van der Waals surface area contributed by atoms with Crippen LogP contribution in [0.4, 0.5) is 5.82 Å². The molecule has 3 nitrogen and oxygen atoms in total. The van der Waals surface area contributed by atoms with Crippen LogP contribution in [0.15, 0.2) is 18.3 Å². The van der Waals surface area contributed by atoms with Crippen LogP contribution >= 0.6 is 0 Å². The molecular weight excluding hydrogens is 210 g/mol. The molecule has 0 amide bonds. The van der Waals surface area contributed by atoms with Gasteiger partial charge in [-0.25, -0.2) is 4.98 Å². The van der Waals surface area contributed by atoms with Crippen LogP contribution in [0.3, 0.4) is 0 Å². The van der Waals surface area contributed by atoms with E-state index >= 15 is 0 Å². The molecule has 0 spiro atoms. The Labute approximate surface area is 104 Å². The quantitative estimate of drug-likeness (QED) is 0.844. The Kier molecular flexibility index (Phi) is 3.67. The molecule has 0 aliphatic heterocycles. The molecule has 1 aliphatic carbocycles. The average Bonchev–Trinajstić information content (AvgIpc) is 2.32. The fraction of sp³-hybridized carbons (Fsp3) is 0.643. The number of anilines is 1. The van der Waals surface area contributed by atoms with Crippen molar-refractivity contribution < 1.29 is 0 Å². The van der Waals surface area contributed by atoms with Gasteiger partial charge in [-0.05, 0) is 43.4 Å². The van der Waals surface area contributed by atoms with Crippen LogP contribution < -0.4 is 11.1 Å². The third-order valence-electron chi connectivity index (χ3n) is 4.11. The van der Waals surface area contributed by atoms with Crippen molar-refractivity contribution in [3.8, 4) is 0 Å². The zero-order valence-electron chi connectivity index (χ0n) is 10.9. The van der Waals surface area contributed by atoms with Crippen LogP contribution in [0, 0.1) is 12.8 Å². The van der Waals surface area contributed by atoms with Gasteiger partial charge in [0, 0.05) is 12.7 Å². The third kappa shape index (κ3) is 2.60. The molecule has 1 aliphatic rings. The van der Waals surface area contributed by atoms with E-state index in [0.717, 1.165) is 12.2 Å².